The van der Waals surface area contributed by atoms with Crippen LogP contribution < -0.4 is 15.0 Å². The lowest BCUT2D eigenvalue weighted by Crippen LogP contribution is -2.36. The zero-order valence-electron chi connectivity index (χ0n) is 20.7. The Bertz CT molecular complexity index is 966. The van der Waals surface area contributed by atoms with Gasteiger partial charge < -0.3 is 24.4 Å². The lowest BCUT2D eigenvalue weighted by Gasteiger charge is -2.34. The lowest BCUT2D eigenvalue weighted by atomic mass is 9.87. The largest absolute Gasteiger partial charge is 0.496 e. The summed E-state index contributed by atoms with van der Waals surface area (Å²) in [4.78, 5) is 31.0. The minimum Gasteiger partial charge on any atom is -0.496 e. The standard InChI is InChI=1S/C26H35N3O5/c1-26(2,3)34-25(31)28-22(17-24(30)33-5)21-7-6-19(16-23(21)32-4)18-10-14-29(15-11-18)20-8-12-27-13-9-20/h6-9,12-13,16,18,22H,10-11,14-15,17H2,1-5H3,(H,28,31). The molecule has 0 aliphatic carbocycles. The van der Waals surface area contributed by atoms with Crippen LogP contribution in [0, 0.1) is 0 Å². The molecule has 0 saturated carbocycles. The predicted molar refractivity (Wildman–Crippen MR) is 130 cm³/mol. The topological polar surface area (TPSA) is 90.0 Å². The highest BCUT2D eigenvalue weighted by atomic mass is 16.6. The van der Waals surface area contributed by atoms with E-state index in [1.165, 1.54) is 18.4 Å². The van der Waals surface area contributed by atoms with Crippen LogP contribution in [0.2, 0.25) is 0 Å². The molecule has 8 nitrogen and oxygen atoms in total. The first kappa shape index (κ1) is 25.3. The maximum absolute atomic E-state index is 12.4. The second kappa shape index (κ2) is 11.2. The SMILES string of the molecule is COC(=O)CC(NC(=O)OC(C)(C)C)c1ccc(C2CCN(c3ccncc3)CC2)cc1OC. The van der Waals surface area contributed by atoms with Crippen LogP contribution in [0.1, 0.15) is 63.1 Å². The molecule has 8 heteroatoms. The Morgan fingerprint density at radius 2 is 1.79 bits per heavy atom. The van der Waals surface area contributed by atoms with Crippen molar-refractivity contribution in [1.82, 2.24) is 10.3 Å². The number of aromatic nitrogens is 1. The highest BCUT2D eigenvalue weighted by Crippen LogP contribution is 2.35. The fourth-order valence-corrected chi connectivity index (χ4v) is 4.23. The van der Waals surface area contributed by atoms with Gasteiger partial charge in [0, 0.05) is 36.7 Å². The van der Waals surface area contributed by atoms with E-state index in [0.29, 0.717) is 17.2 Å². The van der Waals surface area contributed by atoms with Crippen LogP contribution >= 0.6 is 0 Å². The van der Waals surface area contributed by atoms with E-state index in [1.54, 1.807) is 27.9 Å². The van der Waals surface area contributed by atoms with E-state index >= 15 is 0 Å². The molecule has 0 bridgehead atoms. The highest BCUT2D eigenvalue weighted by molar-refractivity contribution is 5.73. The summed E-state index contributed by atoms with van der Waals surface area (Å²) in [6.07, 6.45) is 5.05. The van der Waals surface area contributed by atoms with Crippen molar-refractivity contribution >= 4 is 17.7 Å². The molecule has 1 fully saturated rings. The fraction of sp³-hybridized carbons (Fsp3) is 0.500. The average molecular weight is 470 g/mol. The summed E-state index contributed by atoms with van der Waals surface area (Å²) in [5.41, 5.74) is 2.43. The molecule has 0 radical (unpaired) electrons. The Hall–Kier alpha value is -3.29. The number of carbonyl (C=O) groups excluding carboxylic acids is 2. The Labute approximate surface area is 201 Å². The zero-order chi connectivity index (χ0) is 24.7. The van der Waals surface area contributed by atoms with Gasteiger partial charge in [0.1, 0.15) is 11.4 Å². The summed E-state index contributed by atoms with van der Waals surface area (Å²) in [5, 5.41) is 2.80. The number of pyridine rings is 1. The molecule has 34 heavy (non-hydrogen) atoms. The molecular weight excluding hydrogens is 434 g/mol. The third-order valence-electron chi connectivity index (χ3n) is 5.92. The summed E-state index contributed by atoms with van der Waals surface area (Å²) < 4.78 is 15.9. The normalized spacial score (nSPS) is 15.4. The Morgan fingerprint density at radius 3 is 2.38 bits per heavy atom. The Morgan fingerprint density at radius 1 is 1.12 bits per heavy atom. The van der Waals surface area contributed by atoms with Gasteiger partial charge in [-0.2, -0.15) is 0 Å². The van der Waals surface area contributed by atoms with Crippen LogP contribution in [0.15, 0.2) is 42.7 Å². The molecular formula is C26H35N3O5. The molecule has 0 spiro atoms. The molecule has 184 valence electrons. The van der Waals surface area contributed by atoms with Crippen molar-refractivity contribution < 1.29 is 23.8 Å². The van der Waals surface area contributed by atoms with E-state index < -0.39 is 23.7 Å². The molecule has 1 aromatic carbocycles. The Kier molecular flexibility index (Phi) is 8.36. The molecule has 1 aliphatic heterocycles. The van der Waals surface area contributed by atoms with Crippen molar-refractivity contribution in [3.8, 4) is 5.75 Å². The van der Waals surface area contributed by atoms with Crippen LogP contribution in [0.5, 0.6) is 5.75 Å². The molecule has 2 heterocycles. The summed E-state index contributed by atoms with van der Waals surface area (Å²) in [6.45, 7) is 7.29. The summed E-state index contributed by atoms with van der Waals surface area (Å²) in [6, 6.07) is 9.44. The van der Waals surface area contributed by atoms with Crippen molar-refractivity contribution in [3.05, 3.63) is 53.9 Å². The van der Waals surface area contributed by atoms with E-state index in [0.717, 1.165) is 25.9 Å². The quantitative estimate of drug-likeness (QED) is 0.593. The number of hydrogen-bond donors (Lipinski definition) is 1. The minimum atomic E-state index is -0.654. The number of nitrogens with one attached hydrogen (secondary N) is 1. The average Bonchev–Trinajstić information content (AvgIpc) is 2.82. The maximum atomic E-state index is 12.4. The van der Waals surface area contributed by atoms with Gasteiger partial charge in [0.15, 0.2) is 0 Å². The van der Waals surface area contributed by atoms with E-state index in [4.69, 9.17) is 14.2 Å². The van der Waals surface area contributed by atoms with Gasteiger partial charge in [0.25, 0.3) is 0 Å². The second-order valence-electron chi connectivity index (χ2n) is 9.45. The number of benzene rings is 1. The van der Waals surface area contributed by atoms with Crippen LogP contribution in [-0.2, 0) is 14.3 Å². The zero-order valence-corrected chi connectivity index (χ0v) is 20.7. The molecule has 1 N–H and O–H groups in total. The number of methoxy groups -OCH3 is 2. The number of esters is 1. The van der Waals surface area contributed by atoms with E-state index in [-0.39, 0.29) is 6.42 Å². The van der Waals surface area contributed by atoms with Gasteiger partial charge in [0.05, 0.1) is 26.7 Å². The number of ether oxygens (including phenoxy) is 3. The van der Waals surface area contributed by atoms with Gasteiger partial charge >= 0.3 is 12.1 Å². The van der Waals surface area contributed by atoms with Crippen LogP contribution in [0.4, 0.5) is 10.5 Å². The number of hydrogen-bond acceptors (Lipinski definition) is 7. The van der Waals surface area contributed by atoms with Crippen LogP contribution in [-0.4, -0.2) is 50.0 Å². The lowest BCUT2D eigenvalue weighted by molar-refractivity contribution is -0.141. The predicted octanol–water partition coefficient (Wildman–Crippen LogP) is 4.60. The number of nitrogens with zero attached hydrogens (tertiary/aromatic N) is 2. The van der Waals surface area contributed by atoms with Gasteiger partial charge in [0.2, 0.25) is 0 Å². The van der Waals surface area contributed by atoms with Crippen molar-refractivity contribution in [3.63, 3.8) is 0 Å². The molecule has 1 aliphatic rings. The van der Waals surface area contributed by atoms with E-state index in [1.807, 2.05) is 36.7 Å². The van der Waals surface area contributed by atoms with Gasteiger partial charge in [-0.05, 0) is 63.3 Å². The second-order valence-corrected chi connectivity index (χ2v) is 9.45. The van der Waals surface area contributed by atoms with Gasteiger partial charge in [-0.25, -0.2) is 4.79 Å². The highest BCUT2D eigenvalue weighted by Gasteiger charge is 2.27. The molecule has 1 atom stereocenters. The first-order valence-electron chi connectivity index (χ1n) is 11.6. The minimum absolute atomic E-state index is 0.0320. The molecule has 2 aromatic rings. The van der Waals surface area contributed by atoms with Crippen molar-refractivity contribution in [1.29, 1.82) is 0 Å². The Balaban J connectivity index is 1.76. The van der Waals surface area contributed by atoms with Gasteiger partial charge in [-0.15, -0.1) is 0 Å². The van der Waals surface area contributed by atoms with Gasteiger partial charge in [-0.3, -0.25) is 9.78 Å². The number of anilines is 1. The van der Waals surface area contributed by atoms with E-state index in [9.17, 15) is 9.59 Å². The number of piperidine rings is 1. The summed E-state index contributed by atoms with van der Waals surface area (Å²) in [5.74, 6) is 0.591. The third kappa shape index (κ3) is 6.85. The fourth-order valence-electron chi connectivity index (χ4n) is 4.23. The number of rotatable bonds is 7. The van der Waals surface area contributed by atoms with Crippen molar-refractivity contribution in [2.24, 2.45) is 0 Å². The molecule has 1 unspecified atom stereocenters. The monoisotopic (exact) mass is 469 g/mol. The first-order chi connectivity index (χ1) is 16.2. The smallest absolute Gasteiger partial charge is 0.408 e. The molecule has 1 aromatic heterocycles. The number of alkyl carbamates (subject to hydrolysis) is 1. The van der Waals surface area contributed by atoms with Crippen molar-refractivity contribution in [2.45, 2.75) is 57.6 Å². The molecule has 1 saturated heterocycles. The number of amides is 1. The maximum Gasteiger partial charge on any atom is 0.408 e. The van der Waals surface area contributed by atoms with Crippen molar-refractivity contribution in [2.75, 3.05) is 32.2 Å². The first-order valence-corrected chi connectivity index (χ1v) is 11.6. The van der Waals surface area contributed by atoms with Crippen LogP contribution in [0.25, 0.3) is 0 Å². The summed E-state index contributed by atoms with van der Waals surface area (Å²) in [7, 11) is 2.92. The molecule has 1 amide bonds. The molecule has 3 rings (SSSR count). The third-order valence-corrected chi connectivity index (χ3v) is 5.92. The number of carbonyl (C=O) groups is 2. The van der Waals surface area contributed by atoms with E-state index in [2.05, 4.69) is 21.3 Å². The summed E-state index contributed by atoms with van der Waals surface area (Å²) >= 11 is 0. The van der Waals surface area contributed by atoms with Gasteiger partial charge in [-0.1, -0.05) is 12.1 Å². The van der Waals surface area contributed by atoms with Crippen LogP contribution in [0.3, 0.4) is 0 Å².